The Hall–Kier alpha value is -3.44. The molecule has 1 aliphatic carbocycles. The number of nitrogens with zero attached hydrogens (tertiary/aromatic N) is 4. The summed E-state index contributed by atoms with van der Waals surface area (Å²) >= 11 is 0. The maximum absolute atomic E-state index is 8.76. The van der Waals surface area contributed by atoms with Gasteiger partial charge in [0.2, 0.25) is 0 Å². The number of hydrogen-bond donors (Lipinski definition) is 3. The fourth-order valence-corrected chi connectivity index (χ4v) is 2.78. The van der Waals surface area contributed by atoms with Gasteiger partial charge in [0.15, 0.2) is 11.5 Å². The fraction of sp³-hybridized carbons (Fsp3) is 0.222. The topological polar surface area (TPSA) is 126 Å². The van der Waals surface area contributed by atoms with E-state index in [-0.39, 0.29) is 17.8 Å². The number of H-pyrrole nitrogens is 1. The Labute approximate surface area is 150 Å². The quantitative estimate of drug-likeness (QED) is 0.646. The van der Waals surface area contributed by atoms with Crippen LogP contribution in [0.1, 0.15) is 18.5 Å². The molecule has 0 aliphatic heterocycles. The molecule has 130 valence electrons. The second-order valence-electron chi connectivity index (χ2n) is 6.16. The van der Waals surface area contributed by atoms with Gasteiger partial charge in [-0.05, 0) is 25.0 Å². The highest BCUT2D eigenvalue weighted by Crippen LogP contribution is 2.33. The minimum absolute atomic E-state index is 0.167. The minimum atomic E-state index is 0.167. The Morgan fingerprint density at radius 2 is 2.04 bits per heavy atom. The number of aromatic amines is 1. The van der Waals surface area contributed by atoms with Crippen LogP contribution < -0.4 is 15.8 Å². The van der Waals surface area contributed by atoms with Crippen molar-refractivity contribution in [3.63, 3.8) is 0 Å². The molecule has 8 nitrogen and oxygen atoms in total. The van der Waals surface area contributed by atoms with Crippen LogP contribution >= 0.6 is 0 Å². The van der Waals surface area contributed by atoms with E-state index in [1.807, 2.05) is 36.4 Å². The van der Waals surface area contributed by atoms with Crippen LogP contribution in [0.2, 0.25) is 0 Å². The zero-order chi connectivity index (χ0) is 17.9. The van der Waals surface area contributed by atoms with Gasteiger partial charge in [0, 0.05) is 17.7 Å². The lowest BCUT2D eigenvalue weighted by Crippen LogP contribution is -2.43. The van der Waals surface area contributed by atoms with Crippen LogP contribution in [0.5, 0.6) is 5.75 Å². The molecular weight excluding hydrogens is 330 g/mol. The third-order valence-corrected chi connectivity index (χ3v) is 4.20. The first-order chi connectivity index (χ1) is 12.7. The number of hydrogen-bond acceptors (Lipinski definition) is 7. The zero-order valence-corrected chi connectivity index (χ0v) is 13.9. The molecule has 1 aliphatic rings. The predicted octanol–water partition coefficient (Wildman–Crippen LogP) is 2.35. The number of para-hydroxylation sites is 1. The molecule has 0 radical (unpaired) electrons. The van der Waals surface area contributed by atoms with Crippen molar-refractivity contribution in [2.75, 3.05) is 5.32 Å². The van der Waals surface area contributed by atoms with Crippen molar-refractivity contribution in [3.05, 3.63) is 48.4 Å². The minimum Gasteiger partial charge on any atom is -0.490 e. The number of nitriles is 1. The molecular formula is C18H17N7O. The maximum atomic E-state index is 8.76. The molecule has 0 unspecified atom stereocenters. The number of aromatic nitrogens is 4. The number of nitrogens with one attached hydrogen (secondary N) is 2. The first kappa shape index (κ1) is 16.1. The van der Waals surface area contributed by atoms with Crippen LogP contribution in [0.25, 0.3) is 11.3 Å². The third-order valence-electron chi connectivity index (χ3n) is 4.20. The molecule has 0 atom stereocenters. The van der Waals surface area contributed by atoms with E-state index >= 15 is 0 Å². The Morgan fingerprint density at radius 1 is 1.19 bits per heavy atom. The molecule has 0 bridgehead atoms. The smallest absolute Gasteiger partial charge is 0.158 e. The number of benzene rings is 1. The SMILES string of the molecule is N#Cc1cnc(Nc2cc(-c3ccccc3OC3CC(N)C3)[nH]n2)cn1. The van der Waals surface area contributed by atoms with Gasteiger partial charge >= 0.3 is 0 Å². The lowest BCUT2D eigenvalue weighted by molar-refractivity contribution is 0.101. The van der Waals surface area contributed by atoms with Crippen LogP contribution in [-0.2, 0) is 0 Å². The summed E-state index contributed by atoms with van der Waals surface area (Å²) < 4.78 is 6.06. The summed E-state index contributed by atoms with van der Waals surface area (Å²) in [4.78, 5) is 8.10. The van der Waals surface area contributed by atoms with Crippen LogP contribution in [0.3, 0.4) is 0 Å². The van der Waals surface area contributed by atoms with Crippen molar-refractivity contribution in [1.29, 1.82) is 5.26 Å². The van der Waals surface area contributed by atoms with Crippen molar-refractivity contribution < 1.29 is 4.74 Å². The highest BCUT2D eigenvalue weighted by Gasteiger charge is 2.28. The van der Waals surface area contributed by atoms with E-state index in [2.05, 4.69) is 25.5 Å². The molecule has 3 aromatic rings. The van der Waals surface area contributed by atoms with E-state index in [9.17, 15) is 0 Å². The fourth-order valence-electron chi connectivity index (χ4n) is 2.78. The van der Waals surface area contributed by atoms with Crippen molar-refractivity contribution in [2.24, 2.45) is 5.73 Å². The molecule has 2 heterocycles. The molecule has 0 amide bonds. The van der Waals surface area contributed by atoms with Crippen molar-refractivity contribution in [1.82, 2.24) is 20.2 Å². The number of rotatable bonds is 5. The van der Waals surface area contributed by atoms with Gasteiger partial charge in [0.1, 0.15) is 23.7 Å². The average molecular weight is 347 g/mol. The van der Waals surface area contributed by atoms with Gasteiger partial charge in [-0.3, -0.25) is 5.10 Å². The van der Waals surface area contributed by atoms with E-state index in [1.165, 1.54) is 12.4 Å². The summed E-state index contributed by atoms with van der Waals surface area (Å²) in [5.74, 6) is 1.91. The molecule has 26 heavy (non-hydrogen) atoms. The van der Waals surface area contributed by atoms with E-state index in [0.717, 1.165) is 29.8 Å². The summed E-state index contributed by atoms with van der Waals surface area (Å²) in [6, 6.07) is 11.9. The molecule has 1 aromatic carbocycles. The molecule has 1 fully saturated rings. The Balaban J connectivity index is 1.51. The largest absolute Gasteiger partial charge is 0.490 e. The second kappa shape index (κ2) is 6.82. The first-order valence-corrected chi connectivity index (χ1v) is 8.27. The molecule has 1 saturated carbocycles. The zero-order valence-electron chi connectivity index (χ0n) is 13.9. The van der Waals surface area contributed by atoms with Gasteiger partial charge in [0.05, 0.1) is 18.1 Å². The van der Waals surface area contributed by atoms with E-state index in [4.69, 9.17) is 15.7 Å². The van der Waals surface area contributed by atoms with E-state index in [0.29, 0.717) is 11.6 Å². The van der Waals surface area contributed by atoms with Crippen LogP contribution in [0.15, 0.2) is 42.7 Å². The van der Waals surface area contributed by atoms with Crippen LogP contribution in [0.4, 0.5) is 11.6 Å². The number of ether oxygens (including phenoxy) is 1. The summed E-state index contributed by atoms with van der Waals surface area (Å²) in [6.07, 6.45) is 4.82. The summed E-state index contributed by atoms with van der Waals surface area (Å²) in [5, 5.41) is 19.1. The average Bonchev–Trinajstić information content (AvgIpc) is 3.10. The monoisotopic (exact) mass is 347 g/mol. The molecule has 8 heteroatoms. The van der Waals surface area contributed by atoms with Gasteiger partial charge in [-0.1, -0.05) is 12.1 Å². The summed E-state index contributed by atoms with van der Waals surface area (Å²) in [6.45, 7) is 0. The lowest BCUT2D eigenvalue weighted by Gasteiger charge is -2.33. The summed E-state index contributed by atoms with van der Waals surface area (Å²) in [5.41, 5.74) is 7.85. The van der Waals surface area contributed by atoms with Gasteiger partial charge in [-0.2, -0.15) is 10.4 Å². The van der Waals surface area contributed by atoms with Crippen LogP contribution in [0, 0.1) is 11.3 Å². The number of nitrogens with two attached hydrogens (primary N) is 1. The van der Waals surface area contributed by atoms with Crippen LogP contribution in [-0.4, -0.2) is 32.3 Å². The van der Waals surface area contributed by atoms with E-state index in [1.54, 1.807) is 0 Å². The van der Waals surface area contributed by atoms with Gasteiger partial charge in [0.25, 0.3) is 0 Å². The third kappa shape index (κ3) is 3.34. The lowest BCUT2D eigenvalue weighted by atomic mass is 9.90. The molecule has 2 aromatic heterocycles. The maximum Gasteiger partial charge on any atom is 0.158 e. The molecule has 0 spiro atoms. The molecule has 4 rings (SSSR count). The predicted molar refractivity (Wildman–Crippen MR) is 95.7 cm³/mol. The Bertz CT molecular complexity index is 939. The molecule has 0 saturated heterocycles. The standard InChI is InChI=1S/C18H17N7O/c19-8-12-9-22-18(10-21-12)23-17-7-15(24-25-17)14-3-1-2-4-16(14)26-13-5-11(20)6-13/h1-4,7,9-11,13H,5-6,20H2,(H2,22,23,24,25). The second-order valence-corrected chi connectivity index (χ2v) is 6.16. The normalized spacial score (nSPS) is 18.6. The van der Waals surface area contributed by atoms with Crippen molar-refractivity contribution in [2.45, 2.75) is 25.0 Å². The summed E-state index contributed by atoms with van der Waals surface area (Å²) in [7, 11) is 0. The number of anilines is 2. The Morgan fingerprint density at radius 3 is 2.77 bits per heavy atom. The van der Waals surface area contributed by atoms with Crippen molar-refractivity contribution >= 4 is 11.6 Å². The molecule has 4 N–H and O–H groups in total. The highest BCUT2D eigenvalue weighted by atomic mass is 16.5. The van der Waals surface area contributed by atoms with Gasteiger partial charge in [-0.25, -0.2) is 9.97 Å². The van der Waals surface area contributed by atoms with Gasteiger partial charge < -0.3 is 15.8 Å². The van der Waals surface area contributed by atoms with Crippen molar-refractivity contribution in [3.8, 4) is 23.1 Å². The first-order valence-electron chi connectivity index (χ1n) is 8.27. The Kier molecular flexibility index (Phi) is 4.21. The van der Waals surface area contributed by atoms with E-state index < -0.39 is 0 Å². The highest BCUT2D eigenvalue weighted by molar-refractivity contribution is 5.70. The van der Waals surface area contributed by atoms with Gasteiger partial charge in [-0.15, -0.1) is 0 Å².